The monoisotopic (exact) mass is 467 g/mol. The van der Waals surface area contributed by atoms with E-state index >= 15 is 0 Å². The number of hydrogen-bond acceptors (Lipinski definition) is 6. The summed E-state index contributed by atoms with van der Waals surface area (Å²) in [5.74, 6) is 1.91. The average Bonchev–Trinajstić information content (AvgIpc) is 2.89. The van der Waals surface area contributed by atoms with Crippen LogP contribution in [0.1, 0.15) is 43.5 Å². The van der Waals surface area contributed by atoms with Crippen LogP contribution in [0.15, 0.2) is 72.9 Å². The zero-order valence-electron chi connectivity index (χ0n) is 20.7. The Morgan fingerprint density at radius 3 is 2.26 bits per heavy atom. The van der Waals surface area contributed by atoms with Gasteiger partial charge in [-0.05, 0) is 38.3 Å². The van der Waals surface area contributed by atoms with Crippen molar-refractivity contribution in [3.05, 3.63) is 89.7 Å². The van der Waals surface area contributed by atoms with Crippen LogP contribution in [0.4, 0.5) is 11.6 Å². The van der Waals surface area contributed by atoms with Crippen LogP contribution in [0.2, 0.25) is 0 Å². The molecule has 0 radical (unpaired) electrons. The van der Waals surface area contributed by atoms with Gasteiger partial charge in [0.15, 0.2) is 5.82 Å². The van der Waals surface area contributed by atoms with E-state index in [2.05, 4.69) is 75.5 Å². The molecule has 0 atom stereocenters. The lowest BCUT2D eigenvalue weighted by Crippen LogP contribution is -2.44. The molecule has 0 bridgehead atoms. The van der Waals surface area contributed by atoms with Gasteiger partial charge in [-0.25, -0.2) is 4.98 Å². The zero-order chi connectivity index (χ0) is 24.4. The lowest BCUT2D eigenvalue weighted by molar-refractivity contribution is 0.0782. The fourth-order valence-electron chi connectivity index (χ4n) is 4.91. The third-order valence-corrected chi connectivity index (χ3v) is 7.09. The molecule has 6 heteroatoms. The first kappa shape index (κ1) is 23.2. The van der Waals surface area contributed by atoms with Gasteiger partial charge in [-0.3, -0.25) is 0 Å². The van der Waals surface area contributed by atoms with Crippen LogP contribution in [-0.4, -0.2) is 46.5 Å². The minimum absolute atomic E-state index is 0.406. The van der Waals surface area contributed by atoms with E-state index in [1.807, 2.05) is 18.2 Å². The molecule has 180 valence electrons. The first-order valence-corrected chi connectivity index (χ1v) is 12.3. The summed E-state index contributed by atoms with van der Waals surface area (Å²) in [6, 6.07) is 23.3. The Morgan fingerprint density at radius 1 is 0.914 bits per heavy atom. The maximum atomic E-state index is 10.2. The second kappa shape index (κ2) is 9.62. The van der Waals surface area contributed by atoms with Crippen molar-refractivity contribution < 1.29 is 5.11 Å². The molecule has 4 aromatic rings. The molecule has 3 heterocycles. The second-order valence-electron chi connectivity index (χ2n) is 9.97. The molecule has 0 unspecified atom stereocenters. The van der Waals surface area contributed by atoms with E-state index in [0.717, 1.165) is 55.2 Å². The highest BCUT2D eigenvalue weighted by molar-refractivity contribution is 5.93. The molecule has 2 aromatic heterocycles. The molecular weight excluding hydrogens is 434 g/mol. The number of anilines is 2. The largest absolute Gasteiger partial charge is 0.386 e. The minimum atomic E-state index is -0.879. The molecule has 0 aliphatic carbocycles. The normalized spacial score (nSPS) is 14.9. The van der Waals surface area contributed by atoms with Crippen LogP contribution >= 0.6 is 0 Å². The molecule has 0 amide bonds. The number of aromatic nitrogens is 3. The van der Waals surface area contributed by atoms with Crippen LogP contribution in [-0.2, 0) is 12.0 Å². The molecule has 0 saturated carbocycles. The number of benzene rings is 2. The van der Waals surface area contributed by atoms with Crippen LogP contribution < -0.4 is 9.80 Å². The maximum absolute atomic E-state index is 10.2. The maximum Gasteiger partial charge on any atom is 0.159 e. The second-order valence-corrected chi connectivity index (χ2v) is 9.97. The third kappa shape index (κ3) is 4.98. The van der Waals surface area contributed by atoms with Crippen LogP contribution in [0.3, 0.4) is 0 Å². The van der Waals surface area contributed by atoms with Crippen molar-refractivity contribution in [3.63, 3.8) is 0 Å². The van der Waals surface area contributed by atoms with E-state index in [1.54, 1.807) is 20.0 Å². The highest BCUT2D eigenvalue weighted by Crippen LogP contribution is 2.30. The summed E-state index contributed by atoms with van der Waals surface area (Å²) < 4.78 is 0. The number of nitrogens with zero attached hydrogens (tertiary/aromatic N) is 5. The number of fused-ring (bicyclic) bond motifs is 1. The molecule has 2 aromatic carbocycles. The SMILES string of the molecule is CN(c1ccc(C(C)(C)O)cn1)C1CCN(c2nnc(Cc3ccccc3)c3ccccc23)CC1. The van der Waals surface area contributed by atoms with E-state index in [9.17, 15) is 5.11 Å². The van der Waals surface area contributed by atoms with Crippen molar-refractivity contribution in [1.29, 1.82) is 0 Å². The Balaban J connectivity index is 1.31. The Bertz CT molecular complexity index is 1280. The summed E-state index contributed by atoms with van der Waals surface area (Å²) in [5, 5.41) is 21.9. The van der Waals surface area contributed by atoms with Gasteiger partial charge < -0.3 is 14.9 Å². The van der Waals surface area contributed by atoms with Crippen molar-refractivity contribution in [2.75, 3.05) is 29.9 Å². The molecule has 1 saturated heterocycles. The van der Waals surface area contributed by atoms with Crippen LogP contribution in [0, 0.1) is 0 Å². The lowest BCUT2D eigenvalue weighted by Gasteiger charge is -2.38. The predicted octanol–water partition coefficient (Wildman–Crippen LogP) is 4.95. The van der Waals surface area contributed by atoms with E-state index < -0.39 is 5.60 Å². The van der Waals surface area contributed by atoms with Crippen LogP contribution in [0.5, 0.6) is 0 Å². The molecule has 5 rings (SSSR count). The van der Waals surface area contributed by atoms with E-state index in [-0.39, 0.29) is 0 Å². The van der Waals surface area contributed by atoms with Gasteiger partial charge in [0.2, 0.25) is 0 Å². The van der Waals surface area contributed by atoms with Crippen molar-refractivity contribution >= 4 is 22.4 Å². The molecule has 1 fully saturated rings. The lowest BCUT2D eigenvalue weighted by atomic mass is 10.00. The molecule has 0 spiro atoms. The molecule has 1 aliphatic rings. The van der Waals surface area contributed by atoms with Crippen molar-refractivity contribution in [2.24, 2.45) is 0 Å². The Labute approximate surface area is 207 Å². The Kier molecular flexibility index (Phi) is 6.39. The number of piperidine rings is 1. The summed E-state index contributed by atoms with van der Waals surface area (Å²) in [6.07, 6.45) is 4.60. The summed E-state index contributed by atoms with van der Waals surface area (Å²) in [5.41, 5.74) is 2.21. The summed E-state index contributed by atoms with van der Waals surface area (Å²) in [6.45, 7) is 5.41. The Hall–Kier alpha value is -3.51. The Morgan fingerprint density at radius 2 is 1.60 bits per heavy atom. The number of pyridine rings is 1. The molecule has 1 N–H and O–H groups in total. The van der Waals surface area contributed by atoms with E-state index in [0.29, 0.717) is 6.04 Å². The fraction of sp³-hybridized carbons (Fsp3) is 0.345. The summed E-state index contributed by atoms with van der Waals surface area (Å²) in [4.78, 5) is 9.25. The van der Waals surface area contributed by atoms with Gasteiger partial charge in [-0.2, -0.15) is 5.10 Å². The van der Waals surface area contributed by atoms with E-state index in [1.165, 1.54) is 16.3 Å². The minimum Gasteiger partial charge on any atom is -0.386 e. The van der Waals surface area contributed by atoms with Gasteiger partial charge in [0.05, 0.1) is 11.3 Å². The highest BCUT2D eigenvalue weighted by atomic mass is 16.3. The fourth-order valence-corrected chi connectivity index (χ4v) is 4.91. The third-order valence-electron chi connectivity index (χ3n) is 7.09. The van der Waals surface area contributed by atoms with E-state index in [4.69, 9.17) is 5.10 Å². The first-order valence-electron chi connectivity index (χ1n) is 12.3. The van der Waals surface area contributed by atoms with Crippen LogP contribution in [0.25, 0.3) is 10.8 Å². The van der Waals surface area contributed by atoms with Crippen molar-refractivity contribution in [3.8, 4) is 0 Å². The zero-order valence-corrected chi connectivity index (χ0v) is 20.7. The van der Waals surface area contributed by atoms with Gasteiger partial charge in [-0.15, -0.1) is 5.10 Å². The average molecular weight is 468 g/mol. The van der Waals surface area contributed by atoms with Gasteiger partial charge in [0, 0.05) is 55.1 Å². The quantitative estimate of drug-likeness (QED) is 0.433. The summed E-state index contributed by atoms with van der Waals surface area (Å²) >= 11 is 0. The summed E-state index contributed by atoms with van der Waals surface area (Å²) in [7, 11) is 2.11. The molecular formula is C29H33N5O. The topological polar surface area (TPSA) is 65.4 Å². The van der Waals surface area contributed by atoms with Crippen molar-refractivity contribution in [2.45, 2.75) is 44.8 Å². The van der Waals surface area contributed by atoms with Crippen molar-refractivity contribution in [1.82, 2.24) is 15.2 Å². The molecule has 6 nitrogen and oxygen atoms in total. The smallest absolute Gasteiger partial charge is 0.159 e. The van der Waals surface area contributed by atoms with Gasteiger partial charge in [0.1, 0.15) is 5.82 Å². The standard InChI is InChI=1S/C29H33N5O/c1-29(2,35)22-13-14-27(30-20-22)33(3)23-15-17-34(18-16-23)28-25-12-8-7-11-24(25)26(31-32-28)19-21-9-5-4-6-10-21/h4-14,20,23,35H,15-19H2,1-3H3. The number of aliphatic hydroxyl groups is 1. The predicted molar refractivity (Wildman–Crippen MR) is 142 cm³/mol. The number of hydrogen-bond donors (Lipinski definition) is 1. The van der Waals surface area contributed by atoms with Gasteiger partial charge in [-0.1, -0.05) is 60.7 Å². The molecule has 1 aliphatic heterocycles. The van der Waals surface area contributed by atoms with Gasteiger partial charge in [0.25, 0.3) is 0 Å². The number of rotatable bonds is 6. The molecule has 35 heavy (non-hydrogen) atoms. The van der Waals surface area contributed by atoms with Gasteiger partial charge >= 0.3 is 0 Å². The first-order chi connectivity index (χ1) is 16.9. The highest BCUT2D eigenvalue weighted by Gasteiger charge is 2.26.